The molecule has 2 aromatic heterocycles. The molecule has 2 heterocycles. The largest absolute Gasteiger partial charge is 0.481 e. The molecule has 3 aromatic rings. The van der Waals surface area contributed by atoms with Gasteiger partial charge in [-0.1, -0.05) is 37.2 Å². The van der Waals surface area contributed by atoms with Crippen LogP contribution in [0.25, 0.3) is 11.3 Å². The molecular formula is C24H26F3NO3S2. The average Bonchev–Trinajstić information content (AvgIpc) is 3.32. The predicted molar refractivity (Wildman–Crippen MR) is 125 cm³/mol. The third-order valence-electron chi connectivity index (χ3n) is 5.15. The molecular weight excluding hydrogens is 471 g/mol. The van der Waals surface area contributed by atoms with E-state index in [9.17, 15) is 18.0 Å². The minimum absolute atomic E-state index is 0.00735. The number of carboxylic acids is 1. The molecule has 0 bridgehead atoms. The van der Waals surface area contributed by atoms with E-state index < -0.39 is 17.7 Å². The Balaban J connectivity index is 1.64. The zero-order valence-electron chi connectivity index (χ0n) is 18.5. The summed E-state index contributed by atoms with van der Waals surface area (Å²) in [5.41, 5.74) is 1.80. The molecule has 0 radical (unpaired) electrons. The highest BCUT2D eigenvalue weighted by Gasteiger charge is 2.30. The Bertz CT molecular complexity index is 1070. The number of thiazole rings is 1. The predicted octanol–water partition coefficient (Wildman–Crippen LogP) is 7.42. The number of carbonyl (C=O) groups is 1. The third-order valence-corrected chi connectivity index (χ3v) is 7.54. The van der Waals surface area contributed by atoms with Crippen LogP contribution in [0.5, 0.6) is 0 Å². The maximum atomic E-state index is 12.8. The number of aromatic nitrogens is 1. The van der Waals surface area contributed by atoms with Gasteiger partial charge >= 0.3 is 12.1 Å². The van der Waals surface area contributed by atoms with Crippen LogP contribution in [0.15, 0.2) is 39.1 Å². The Morgan fingerprint density at radius 3 is 2.55 bits per heavy atom. The lowest BCUT2D eigenvalue weighted by Gasteiger charge is -2.06. The molecule has 1 aromatic carbocycles. The lowest BCUT2D eigenvalue weighted by Crippen LogP contribution is -2.03. The van der Waals surface area contributed by atoms with Crippen LogP contribution in [-0.4, -0.2) is 21.8 Å². The van der Waals surface area contributed by atoms with Crippen molar-refractivity contribution in [3.8, 4) is 11.3 Å². The molecule has 3 rings (SSSR count). The lowest BCUT2D eigenvalue weighted by atomic mass is 10.1. The number of unbranched alkanes of at least 4 members (excludes halogenated alkanes) is 1. The van der Waals surface area contributed by atoms with Crippen LogP contribution < -0.4 is 0 Å². The maximum Gasteiger partial charge on any atom is 0.416 e. The number of rotatable bonds is 11. The molecule has 1 N–H and O–H groups in total. The van der Waals surface area contributed by atoms with Gasteiger partial charge in [0, 0.05) is 22.6 Å². The highest BCUT2D eigenvalue weighted by atomic mass is 32.2. The van der Waals surface area contributed by atoms with Crippen molar-refractivity contribution in [2.45, 2.75) is 62.9 Å². The average molecular weight is 498 g/mol. The Hall–Kier alpha value is -2.26. The van der Waals surface area contributed by atoms with E-state index in [0.29, 0.717) is 11.3 Å². The van der Waals surface area contributed by atoms with E-state index in [1.54, 1.807) is 11.8 Å². The zero-order chi connectivity index (χ0) is 24.0. The van der Waals surface area contributed by atoms with Crippen LogP contribution in [0.4, 0.5) is 13.2 Å². The summed E-state index contributed by atoms with van der Waals surface area (Å²) in [5.74, 6) is 1.45. The van der Waals surface area contributed by atoms with Crippen molar-refractivity contribution in [2.24, 2.45) is 0 Å². The van der Waals surface area contributed by atoms with Crippen LogP contribution in [0.2, 0.25) is 0 Å². The van der Waals surface area contributed by atoms with E-state index in [0.717, 1.165) is 76.2 Å². The Labute approximate surface area is 199 Å². The number of nitrogens with zero attached hydrogens (tertiary/aromatic N) is 1. The molecule has 0 aliphatic rings. The van der Waals surface area contributed by atoms with Gasteiger partial charge in [0.2, 0.25) is 0 Å². The summed E-state index contributed by atoms with van der Waals surface area (Å²) in [5, 5.41) is 8.98. The molecule has 0 fully saturated rings. The van der Waals surface area contributed by atoms with Crippen molar-refractivity contribution in [2.75, 3.05) is 5.75 Å². The summed E-state index contributed by atoms with van der Waals surface area (Å²) in [6.07, 6.45) is 0.100. The first-order chi connectivity index (χ1) is 15.7. The molecule has 9 heteroatoms. The third kappa shape index (κ3) is 7.11. The molecule has 0 saturated carbocycles. The molecule has 0 unspecified atom stereocenters. The lowest BCUT2D eigenvalue weighted by molar-refractivity contribution is -0.138. The van der Waals surface area contributed by atoms with Crippen molar-refractivity contribution in [3.05, 3.63) is 57.8 Å². The highest BCUT2D eigenvalue weighted by Crippen LogP contribution is 2.33. The fourth-order valence-corrected chi connectivity index (χ4v) is 5.61. The number of aryl methyl sites for hydroxylation is 3. The van der Waals surface area contributed by atoms with Gasteiger partial charge in [-0.3, -0.25) is 4.79 Å². The summed E-state index contributed by atoms with van der Waals surface area (Å²) in [6, 6.07) is 6.99. The fraction of sp³-hybridized carbons (Fsp3) is 0.417. The maximum absolute atomic E-state index is 12.8. The van der Waals surface area contributed by atoms with Gasteiger partial charge in [-0.05, 0) is 49.9 Å². The number of carboxylic acid groups (broad SMARTS) is 1. The van der Waals surface area contributed by atoms with E-state index in [-0.39, 0.29) is 6.42 Å². The monoisotopic (exact) mass is 497 g/mol. The molecule has 0 saturated heterocycles. The molecule has 0 aliphatic heterocycles. The van der Waals surface area contributed by atoms with Crippen molar-refractivity contribution < 1.29 is 27.5 Å². The Morgan fingerprint density at radius 2 is 1.91 bits per heavy atom. The van der Waals surface area contributed by atoms with E-state index in [2.05, 4.69) is 11.9 Å². The molecule has 0 spiro atoms. The Morgan fingerprint density at radius 1 is 1.18 bits per heavy atom. The second kappa shape index (κ2) is 11.2. The van der Waals surface area contributed by atoms with Gasteiger partial charge in [-0.15, -0.1) is 11.3 Å². The summed E-state index contributed by atoms with van der Waals surface area (Å²) in [6.45, 7) is 3.93. The van der Waals surface area contributed by atoms with Gasteiger partial charge in [0.15, 0.2) is 0 Å². The summed E-state index contributed by atoms with van der Waals surface area (Å²) < 4.78 is 45.5. The van der Waals surface area contributed by atoms with E-state index in [4.69, 9.17) is 9.52 Å². The first kappa shape index (κ1) is 25.4. The van der Waals surface area contributed by atoms with Gasteiger partial charge in [0.1, 0.15) is 15.9 Å². The van der Waals surface area contributed by atoms with Gasteiger partial charge in [0.25, 0.3) is 0 Å². The standard InChI is InChI=1S/C24H26F3NO3S2/c1-3-4-7-19-17(6-5-12-32-23-28-15(2)21(33-23)14-22(29)30)13-20(31-19)16-8-10-18(11-9-16)24(25,26)27/h8-11,13H,3-7,12,14H2,1-2H3,(H,29,30). The van der Waals surface area contributed by atoms with Gasteiger partial charge in [-0.2, -0.15) is 13.2 Å². The number of furan rings is 1. The molecule has 0 aliphatic carbocycles. The number of benzene rings is 1. The number of aliphatic carboxylic acids is 1. The number of hydrogen-bond acceptors (Lipinski definition) is 5. The topological polar surface area (TPSA) is 63.3 Å². The SMILES string of the molecule is CCCCc1oc(-c2ccc(C(F)(F)F)cc2)cc1CCCSc1nc(C)c(CC(=O)O)s1. The number of thioether (sulfide) groups is 1. The molecule has 0 amide bonds. The Kier molecular flexibility index (Phi) is 8.64. The minimum Gasteiger partial charge on any atom is -0.481 e. The zero-order valence-corrected chi connectivity index (χ0v) is 20.1. The van der Waals surface area contributed by atoms with Crippen LogP contribution in [0.3, 0.4) is 0 Å². The van der Waals surface area contributed by atoms with Crippen molar-refractivity contribution in [1.82, 2.24) is 4.98 Å². The molecule has 4 nitrogen and oxygen atoms in total. The van der Waals surface area contributed by atoms with Crippen LogP contribution in [-0.2, 0) is 30.2 Å². The van der Waals surface area contributed by atoms with Crippen LogP contribution in [0.1, 0.15) is 53.6 Å². The summed E-state index contributed by atoms with van der Waals surface area (Å²) >= 11 is 3.03. The number of halogens is 3. The first-order valence-corrected chi connectivity index (χ1v) is 12.6. The first-order valence-electron chi connectivity index (χ1n) is 10.8. The smallest absolute Gasteiger partial charge is 0.416 e. The summed E-state index contributed by atoms with van der Waals surface area (Å²) in [4.78, 5) is 16.2. The molecule has 33 heavy (non-hydrogen) atoms. The molecule has 0 atom stereocenters. The second-order valence-corrected chi connectivity index (χ2v) is 10.2. The number of alkyl halides is 3. The van der Waals surface area contributed by atoms with Gasteiger partial charge in [0.05, 0.1) is 17.7 Å². The van der Waals surface area contributed by atoms with Gasteiger partial charge < -0.3 is 9.52 Å². The van der Waals surface area contributed by atoms with Crippen LogP contribution in [0, 0.1) is 6.92 Å². The minimum atomic E-state index is -4.36. The van der Waals surface area contributed by atoms with Gasteiger partial charge in [-0.25, -0.2) is 4.98 Å². The van der Waals surface area contributed by atoms with E-state index in [1.807, 2.05) is 13.0 Å². The van der Waals surface area contributed by atoms with E-state index >= 15 is 0 Å². The molecule has 178 valence electrons. The second-order valence-electron chi connectivity index (χ2n) is 7.75. The number of hydrogen-bond donors (Lipinski definition) is 1. The quantitative estimate of drug-likeness (QED) is 0.221. The van der Waals surface area contributed by atoms with Crippen LogP contribution >= 0.6 is 23.1 Å². The fourth-order valence-electron chi connectivity index (χ4n) is 3.38. The van der Waals surface area contributed by atoms with Crippen molar-refractivity contribution in [1.29, 1.82) is 0 Å². The summed E-state index contributed by atoms with van der Waals surface area (Å²) in [7, 11) is 0. The van der Waals surface area contributed by atoms with E-state index in [1.165, 1.54) is 23.5 Å². The van der Waals surface area contributed by atoms with Crippen molar-refractivity contribution >= 4 is 29.1 Å². The normalized spacial score (nSPS) is 11.8. The highest BCUT2D eigenvalue weighted by molar-refractivity contribution is 8.01. The van der Waals surface area contributed by atoms with Crippen molar-refractivity contribution in [3.63, 3.8) is 0 Å².